The first-order chi connectivity index (χ1) is 8.72. The molecule has 18 heavy (non-hydrogen) atoms. The third-order valence-electron chi connectivity index (χ3n) is 4.26. The normalized spacial score (nSPS) is 31.1. The Bertz CT molecular complexity index is 276. The van der Waals surface area contributed by atoms with E-state index >= 15 is 0 Å². The molecule has 2 atom stereocenters. The molecule has 4 nitrogen and oxygen atoms in total. The van der Waals surface area contributed by atoms with Crippen LogP contribution in [0.3, 0.4) is 0 Å². The molecule has 0 aromatic rings. The molecule has 4 heteroatoms. The molecule has 2 saturated heterocycles. The molecule has 0 bridgehead atoms. The lowest BCUT2D eigenvalue weighted by atomic mass is 10.0. The molecule has 2 aliphatic heterocycles. The molecule has 0 spiro atoms. The fraction of sp³-hybridized carbons (Fsp3) is 0.929. The Balaban J connectivity index is 2.01. The first-order valence-electron chi connectivity index (χ1n) is 7.44. The molecule has 2 heterocycles. The van der Waals surface area contributed by atoms with Crippen LogP contribution in [0.2, 0.25) is 0 Å². The van der Waals surface area contributed by atoms with Crippen molar-refractivity contribution in [2.45, 2.75) is 51.1 Å². The predicted octanol–water partition coefficient (Wildman–Crippen LogP) is 1.07. The summed E-state index contributed by atoms with van der Waals surface area (Å²) in [5.74, 6) is 0.344. The molecule has 2 aliphatic rings. The Labute approximate surface area is 111 Å². The summed E-state index contributed by atoms with van der Waals surface area (Å²) in [4.78, 5) is 17.1. The minimum atomic E-state index is 0.0798. The van der Waals surface area contributed by atoms with E-state index in [-0.39, 0.29) is 6.04 Å². The number of nitrogens with zero attached hydrogens (tertiary/aromatic N) is 2. The van der Waals surface area contributed by atoms with Crippen molar-refractivity contribution in [1.29, 1.82) is 0 Å². The number of hydrogen-bond acceptors (Lipinski definition) is 3. The van der Waals surface area contributed by atoms with Crippen LogP contribution >= 0.6 is 0 Å². The van der Waals surface area contributed by atoms with Gasteiger partial charge in [0.05, 0.1) is 6.04 Å². The fourth-order valence-electron chi connectivity index (χ4n) is 3.15. The van der Waals surface area contributed by atoms with Crippen LogP contribution in [0.15, 0.2) is 0 Å². The molecule has 1 amide bonds. The standard InChI is InChI=1S/C14H27N3O/c1-3-12-11-16(2)9-6-10-17(12)14(18)13-7-4-5-8-15-13/h12-13,15H,3-11H2,1-2H3/t12?,13-/m0/s1. The van der Waals surface area contributed by atoms with Crippen LogP contribution in [0.25, 0.3) is 0 Å². The average Bonchev–Trinajstić information content (AvgIpc) is 2.60. The van der Waals surface area contributed by atoms with Crippen molar-refractivity contribution in [3.63, 3.8) is 0 Å². The van der Waals surface area contributed by atoms with Gasteiger partial charge in [-0.1, -0.05) is 13.3 Å². The summed E-state index contributed by atoms with van der Waals surface area (Å²) in [6.45, 7) is 6.26. The van der Waals surface area contributed by atoms with Gasteiger partial charge in [-0.25, -0.2) is 0 Å². The van der Waals surface area contributed by atoms with Gasteiger partial charge in [0.25, 0.3) is 0 Å². The van der Waals surface area contributed by atoms with Crippen LogP contribution in [-0.4, -0.2) is 61.0 Å². The summed E-state index contributed by atoms with van der Waals surface area (Å²) in [6, 6.07) is 0.477. The van der Waals surface area contributed by atoms with E-state index in [0.29, 0.717) is 11.9 Å². The molecule has 0 aromatic carbocycles. The summed E-state index contributed by atoms with van der Waals surface area (Å²) >= 11 is 0. The van der Waals surface area contributed by atoms with E-state index in [1.807, 2.05) is 0 Å². The van der Waals surface area contributed by atoms with Crippen molar-refractivity contribution in [1.82, 2.24) is 15.1 Å². The number of likely N-dealkylation sites (N-methyl/N-ethyl adjacent to an activating group) is 1. The first-order valence-corrected chi connectivity index (χ1v) is 7.44. The number of nitrogens with one attached hydrogen (secondary N) is 1. The summed E-state index contributed by atoms with van der Waals surface area (Å²) in [5.41, 5.74) is 0. The molecule has 0 radical (unpaired) electrons. The highest BCUT2D eigenvalue weighted by Crippen LogP contribution is 2.16. The highest BCUT2D eigenvalue weighted by Gasteiger charge is 2.31. The van der Waals surface area contributed by atoms with Crippen LogP contribution in [0.4, 0.5) is 0 Å². The van der Waals surface area contributed by atoms with Gasteiger partial charge in [0.2, 0.25) is 5.91 Å². The Hall–Kier alpha value is -0.610. The van der Waals surface area contributed by atoms with Crippen LogP contribution in [-0.2, 0) is 4.79 Å². The minimum absolute atomic E-state index is 0.0798. The smallest absolute Gasteiger partial charge is 0.239 e. The topological polar surface area (TPSA) is 35.6 Å². The molecule has 0 saturated carbocycles. The van der Waals surface area contributed by atoms with Crippen LogP contribution < -0.4 is 5.32 Å². The van der Waals surface area contributed by atoms with Gasteiger partial charge in [-0.2, -0.15) is 0 Å². The number of hydrogen-bond donors (Lipinski definition) is 1. The lowest BCUT2D eigenvalue weighted by Gasteiger charge is -2.34. The fourth-order valence-corrected chi connectivity index (χ4v) is 3.15. The van der Waals surface area contributed by atoms with E-state index in [2.05, 4.69) is 29.1 Å². The van der Waals surface area contributed by atoms with E-state index in [1.165, 1.54) is 12.8 Å². The molecule has 2 rings (SSSR count). The second-order valence-electron chi connectivity index (χ2n) is 5.71. The van der Waals surface area contributed by atoms with Gasteiger partial charge >= 0.3 is 0 Å². The maximum Gasteiger partial charge on any atom is 0.239 e. The number of carbonyl (C=O) groups excluding carboxylic acids is 1. The molecule has 0 aliphatic carbocycles. The van der Waals surface area contributed by atoms with Crippen molar-refractivity contribution in [2.24, 2.45) is 0 Å². The number of carbonyl (C=O) groups is 1. The van der Waals surface area contributed by atoms with E-state index < -0.39 is 0 Å². The van der Waals surface area contributed by atoms with Crippen molar-refractivity contribution in [2.75, 3.05) is 33.2 Å². The van der Waals surface area contributed by atoms with Crippen molar-refractivity contribution in [3.05, 3.63) is 0 Å². The Morgan fingerprint density at radius 2 is 2.11 bits per heavy atom. The summed E-state index contributed by atoms with van der Waals surface area (Å²) in [5, 5.41) is 3.39. The molecule has 104 valence electrons. The minimum Gasteiger partial charge on any atom is -0.337 e. The van der Waals surface area contributed by atoms with Gasteiger partial charge in [0, 0.05) is 19.1 Å². The van der Waals surface area contributed by atoms with Gasteiger partial charge in [0.15, 0.2) is 0 Å². The largest absolute Gasteiger partial charge is 0.337 e. The van der Waals surface area contributed by atoms with Gasteiger partial charge in [-0.3, -0.25) is 4.79 Å². The van der Waals surface area contributed by atoms with Gasteiger partial charge in [-0.15, -0.1) is 0 Å². The Kier molecular flexibility index (Phi) is 5.01. The van der Waals surface area contributed by atoms with E-state index in [9.17, 15) is 4.79 Å². The zero-order valence-corrected chi connectivity index (χ0v) is 11.8. The Morgan fingerprint density at radius 1 is 1.28 bits per heavy atom. The van der Waals surface area contributed by atoms with Gasteiger partial charge in [-0.05, 0) is 45.8 Å². The Morgan fingerprint density at radius 3 is 2.78 bits per heavy atom. The van der Waals surface area contributed by atoms with Gasteiger partial charge in [0.1, 0.15) is 0 Å². The summed E-state index contributed by atoms with van der Waals surface area (Å²) < 4.78 is 0. The molecule has 2 fully saturated rings. The molecular weight excluding hydrogens is 226 g/mol. The first kappa shape index (κ1) is 13.8. The van der Waals surface area contributed by atoms with Crippen LogP contribution in [0.5, 0.6) is 0 Å². The second kappa shape index (κ2) is 6.53. The van der Waals surface area contributed by atoms with Gasteiger partial charge < -0.3 is 15.1 Å². The third-order valence-corrected chi connectivity index (χ3v) is 4.26. The van der Waals surface area contributed by atoms with E-state index in [0.717, 1.165) is 45.4 Å². The number of rotatable bonds is 2. The van der Waals surface area contributed by atoms with E-state index in [1.54, 1.807) is 0 Å². The maximum atomic E-state index is 12.6. The van der Waals surface area contributed by atoms with E-state index in [4.69, 9.17) is 0 Å². The summed E-state index contributed by atoms with van der Waals surface area (Å²) in [7, 11) is 2.16. The molecule has 1 N–H and O–H groups in total. The van der Waals surface area contributed by atoms with Crippen molar-refractivity contribution < 1.29 is 4.79 Å². The summed E-state index contributed by atoms with van der Waals surface area (Å²) in [6.07, 6.45) is 5.58. The van der Waals surface area contributed by atoms with Crippen molar-refractivity contribution in [3.8, 4) is 0 Å². The lowest BCUT2D eigenvalue weighted by molar-refractivity contribution is -0.136. The zero-order valence-electron chi connectivity index (χ0n) is 11.8. The quantitative estimate of drug-likeness (QED) is 0.799. The molecule has 1 unspecified atom stereocenters. The lowest BCUT2D eigenvalue weighted by Crippen LogP contribution is -2.53. The average molecular weight is 253 g/mol. The number of piperidine rings is 1. The third kappa shape index (κ3) is 3.23. The van der Waals surface area contributed by atoms with Crippen LogP contribution in [0, 0.1) is 0 Å². The van der Waals surface area contributed by atoms with Crippen LogP contribution in [0.1, 0.15) is 39.0 Å². The SMILES string of the molecule is CCC1CN(C)CCCN1C(=O)[C@@H]1CCCCN1. The highest BCUT2D eigenvalue weighted by atomic mass is 16.2. The monoisotopic (exact) mass is 253 g/mol. The second-order valence-corrected chi connectivity index (χ2v) is 5.71. The van der Waals surface area contributed by atoms with Crippen molar-refractivity contribution >= 4 is 5.91 Å². The highest BCUT2D eigenvalue weighted by molar-refractivity contribution is 5.82. The predicted molar refractivity (Wildman–Crippen MR) is 73.5 cm³/mol. The number of amides is 1. The maximum absolute atomic E-state index is 12.6. The molecular formula is C14H27N3O. The zero-order chi connectivity index (χ0) is 13.0. The molecule has 0 aromatic heterocycles.